The third kappa shape index (κ3) is 3.69. The fourth-order valence-corrected chi connectivity index (χ4v) is 4.32. The van der Waals surface area contributed by atoms with Gasteiger partial charge in [-0.15, -0.1) is 22.7 Å². The van der Waals surface area contributed by atoms with Gasteiger partial charge >= 0.3 is 5.97 Å². The molecule has 0 amide bonds. The zero-order chi connectivity index (χ0) is 19.5. The van der Waals surface area contributed by atoms with E-state index in [2.05, 4.69) is 9.97 Å². The molecule has 0 spiro atoms. The van der Waals surface area contributed by atoms with Crippen molar-refractivity contribution < 1.29 is 18.7 Å². The summed E-state index contributed by atoms with van der Waals surface area (Å²) in [6.45, 7) is 1.92. The van der Waals surface area contributed by atoms with Gasteiger partial charge in [-0.1, -0.05) is 12.1 Å². The van der Waals surface area contributed by atoms with Gasteiger partial charge in [0.15, 0.2) is 16.5 Å². The smallest absolute Gasteiger partial charge is 0.358 e. The Morgan fingerprint density at radius 3 is 2.79 bits per heavy atom. The average Bonchev–Trinajstić information content (AvgIpc) is 3.46. The summed E-state index contributed by atoms with van der Waals surface area (Å²) in [5, 5.41) is 3.34. The molecule has 8 heteroatoms. The SMILES string of the molecule is COc1ccccc1-c1nc(COC(=O)c2nc(-c3ccco3)sc2C)cs1. The van der Waals surface area contributed by atoms with E-state index in [-0.39, 0.29) is 6.61 Å². The number of furan rings is 1. The van der Waals surface area contributed by atoms with E-state index in [9.17, 15) is 4.79 Å². The molecule has 0 fully saturated rings. The lowest BCUT2D eigenvalue weighted by atomic mass is 10.2. The number of methoxy groups -OCH3 is 1. The molecular weight excluding hydrogens is 396 g/mol. The fraction of sp³-hybridized carbons (Fsp3) is 0.150. The summed E-state index contributed by atoms with van der Waals surface area (Å²) < 4.78 is 16.1. The van der Waals surface area contributed by atoms with Crippen LogP contribution >= 0.6 is 22.7 Å². The van der Waals surface area contributed by atoms with Crippen LogP contribution in [0.1, 0.15) is 21.1 Å². The van der Waals surface area contributed by atoms with Crippen LogP contribution < -0.4 is 4.74 Å². The molecule has 3 heterocycles. The molecule has 0 aliphatic rings. The van der Waals surface area contributed by atoms with Gasteiger partial charge in [0, 0.05) is 10.3 Å². The Hall–Kier alpha value is -2.97. The quantitative estimate of drug-likeness (QED) is 0.405. The number of thiazole rings is 2. The molecule has 0 bridgehead atoms. The van der Waals surface area contributed by atoms with E-state index >= 15 is 0 Å². The van der Waals surface area contributed by atoms with Crippen molar-refractivity contribution in [3.05, 3.63) is 64.3 Å². The summed E-state index contributed by atoms with van der Waals surface area (Å²) in [7, 11) is 1.63. The molecule has 0 unspecified atom stereocenters. The molecule has 6 nitrogen and oxygen atoms in total. The van der Waals surface area contributed by atoms with Crippen molar-refractivity contribution in [2.75, 3.05) is 7.11 Å². The highest BCUT2D eigenvalue weighted by atomic mass is 32.1. The van der Waals surface area contributed by atoms with Crippen LogP contribution in [0.4, 0.5) is 0 Å². The van der Waals surface area contributed by atoms with E-state index in [0.29, 0.717) is 22.2 Å². The van der Waals surface area contributed by atoms with E-state index in [1.165, 1.54) is 22.7 Å². The number of esters is 1. The number of ether oxygens (including phenoxy) is 2. The van der Waals surface area contributed by atoms with E-state index in [1.54, 1.807) is 19.4 Å². The molecule has 0 saturated heterocycles. The first-order valence-corrected chi connectivity index (χ1v) is 10.1. The minimum Gasteiger partial charge on any atom is -0.496 e. The van der Waals surface area contributed by atoms with Crippen LogP contribution in [-0.2, 0) is 11.3 Å². The minimum atomic E-state index is -0.474. The van der Waals surface area contributed by atoms with E-state index in [4.69, 9.17) is 13.9 Å². The van der Waals surface area contributed by atoms with Gasteiger partial charge < -0.3 is 13.9 Å². The fourth-order valence-electron chi connectivity index (χ4n) is 2.62. The minimum absolute atomic E-state index is 0.0809. The largest absolute Gasteiger partial charge is 0.496 e. The average molecular weight is 412 g/mol. The summed E-state index contributed by atoms with van der Waals surface area (Å²) in [5.74, 6) is 0.912. The second-order valence-corrected chi connectivity index (χ2v) is 7.88. The first kappa shape index (κ1) is 18.4. The predicted octanol–water partition coefficient (Wildman–Crippen LogP) is 5.20. The number of hydrogen-bond acceptors (Lipinski definition) is 8. The van der Waals surface area contributed by atoms with Crippen molar-refractivity contribution in [1.82, 2.24) is 9.97 Å². The van der Waals surface area contributed by atoms with Crippen molar-refractivity contribution in [2.45, 2.75) is 13.5 Å². The second kappa shape index (κ2) is 7.95. The van der Waals surface area contributed by atoms with E-state index < -0.39 is 5.97 Å². The lowest BCUT2D eigenvalue weighted by molar-refractivity contribution is 0.0461. The maximum atomic E-state index is 12.4. The monoisotopic (exact) mass is 412 g/mol. The zero-order valence-corrected chi connectivity index (χ0v) is 16.8. The van der Waals surface area contributed by atoms with Crippen molar-refractivity contribution >= 4 is 28.6 Å². The van der Waals surface area contributed by atoms with Gasteiger partial charge in [0.2, 0.25) is 0 Å². The number of carbonyl (C=O) groups is 1. The second-order valence-electron chi connectivity index (χ2n) is 5.82. The summed E-state index contributed by atoms with van der Waals surface area (Å²) in [5.41, 5.74) is 1.89. The van der Waals surface area contributed by atoms with Crippen LogP contribution in [0.25, 0.3) is 21.3 Å². The molecule has 0 radical (unpaired) electrons. The number of hydrogen-bond donors (Lipinski definition) is 0. The molecular formula is C20H16N2O4S2. The van der Waals surface area contributed by atoms with Crippen LogP contribution in [0.5, 0.6) is 5.75 Å². The lowest BCUT2D eigenvalue weighted by Crippen LogP contribution is -2.07. The van der Waals surface area contributed by atoms with Crippen molar-refractivity contribution in [2.24, 2.45) is 0 Å². The van der Waals surface area contributed by atoms with Gasteiger partial charge in [-0.2, -0.15) is 0 Å². The Morgan fingerprint density at radius 1 is 1.14 bits per heavy atom. The van der Waals surface area contributed by atoms with Crippen molar-refractivity contribution in [3.8, 4) is 27.1 Å². The van der Waals surface area contributed by atoms with E-state index in [0.717, 1.165) is 21.2 Å². The standard InChI is InChI=1S/C20H16N2O4S2/c1-12-17(22-19(28-12)16-8-5-9-25-16)20(23)26-10-13-11-27-18(21-13)14-6-3-4-7-15(14)24-2/h3-9,11H,10H2,1-2H3. The van der Waals surface area contributed by atoms with Crippen LogP contribution in [0.15, 0.2) is 52.5 Å². The normalized spacial score (nSPS) is 10.8. The summed E-state index contributed by atoms with van der Waals surface area (Å²) in [4.78, 5) is 22.1. The molecule has 4 aromatic rings. The Morgan fingerprint density at radius 2 is 2.00 bits per heavy atom. The molecule has 0 atom stereocenters. The maximum absolute atomic E-state index is 12.4. The van der Waals surface area contributed by atoms with Crippen molar-refractivity contribution in [1.29, 1.82) is 0 Å². The van der Waals surface area contributed by atoms with Gasteiger partial charge in [0.25, 0.3) is 0 Å². The maximum Gasteiger partial charge on any atom is 0.358 e. The topological polar surface area (TPSA) is 74.5 Å². The summed E-state index contributed by atoms with van der Waals surface area (Å²) in [6, 6.07) is 11.3. The van der Waals surface area contributed by atoms with Crippen LogP contribution in [0.3, 0.4) is 0 Å². The number of aromatic nitrogens is 2. The number of benzene rings is 1. The molecule has 4 rings (SSSR count). The summed E-state index contributed by atoms with van der Waals surface area (Å²) >= 11 is 2.87. The van der Waals surface area contributed by atoms with Crippen LogP contribution in [-0.4, -0.2) is 23.0 Å². The molecule has 0 aliphatic heterocycles. The van der Waals surface area contributed by atoms with Gasteiger partial charge in [0.05, 0.1) is 24.6 Å². The molecule has 0 N–H and O–H groups in total. The highest BCUT2D eigenvalue weighted by molar-refractivity contribution is 7.15. The number of nitrogens with zero attached hydrogens (tertiary/aromatic N) is 2. The molecule has 3 aromatic heterocycles. The Balaban J connectivity index is 1.45. The Kier molecular flexibility index (Phi) is 5.23. The summed E-state index contributed by atoms with van der Waals surface area (Å²) in [6.07, 6.45) is 1.58. The van der Waals surface area contributed by atoms with Gasteiger partial charge in [0.1, 0.15) is 17.4 Å². The third-order valence-corrected chi connectivity index (χ3v) is 5.87. The van der Waals surface area contributed by atoms with Gasteiger partial charge in [-0.25, -0.2) is 14.8 Å². The lowest BCUT2D eigenvalue weighted by Gasteiger charge is -2.04. The highest BCUT2D eigenvalue weighted by Crippen LogP contribution is 2.32. The van der Waals surface area contributed by atoms with Gasteiger partial charge in [-0.05, 0) is 31.2 Å². The highest BCUT2D eigenvalue weighted by Gasteiger charge is 2.19. The first-order chi connectivity index (χ1) is 13.7. The van der Waals surface area contributed by atoms with Crippen LogP contribution in [0, 0.1) is 6.92 Å². The zero-order valence-electron chi connectivity index (χ0n) is 15.2. The predicted molar refractivity (Wildman–Crippen MR) is 108 cm³/mol. The number of aryl methyl sites for hydroxylation is 1. The van der Waals surface area contributed by atoms with Crippen LogP contribution in [0.2, 0.25) is 0 Å². The number of carbonyl (C=O) groups excluding carboxylic acids is 1. The number of para-hydroxylation sites is 1. The Bertz CT molecular complexity index is 1100. The third-order valence-electron chi connectivity index (χ3n) is 3.96. The molecule has 1 aromatic carbocycles. The molecule has 0 aliphatic carbocycles. The molecule has 142 valence electrons. The van der Waals surface area contributed by atoms with Gasteiger partial charge in [-0.3, -0.25) is 0 Å². The molecule has 0 saturated carbocycles. The van der Waals surface area contributed by atoms with E-state index in [1.807, 2.05) is 42.6 Å². The number of rotatable bonds is 6. The Labute approximate surface area is 169 Å². The van der Waals surface area contributed by atoms with Crippen molar-refractivity contribution in [3.63, 3.8) is 0 Å². The first-order valence-electron chi connectivity index (χ1n) is 8.42. The molecule has 28 heavy (non-hydrogen) atoms.